The lowest BCUT2D eigenvalue weighted by Crippen LogP contribution is -2.27. The van der Waals surface area contributed by atoms with Gasteiger partial charge in [-0.2, -0.15) is 0 Å². The summed E-state index contributed by atoms with van der Waals surface area (Å²) >= 11 is 0. The van der Waals surface area contributed by atoms with Gasteiger partial charge in [0.2, 0.25) is 0 Å². The molecular weight excluding hydrogens is 228 g/mol. The smallest absolute Gasteiger partial charge is 0.151 e. The monoisotopic (exact) mass is 244 g/mol. The molecule has 1 rings (SSSR count). The van der Waals surface area contributed by atoms with Gasteiger partial charge in [-0.3, -0.25) is 4.98 Å². The molecule has 0 bridgehead atoms. The van der Waals surface area contributed by atoms with Crippen LogP contribution >= 0.6 is 0 Å². The third kappa shape index (κ3) is 3.74. The van der Waals surface area contributed by atoms with Gasteiger partial charge in [-0.1, -0.05) is 0 Å². The molecule has 0 saturated heterocycles. The average molecular weight is 244 g/mol. The summed E-state index contributed by atoms with van der Waals surface area (Å²) in [5.41, 5.74) is 6.19. The van der Waals surface area contributed by atoms with E-state index >= 15 is 0 Å². The molecule has 1 heterocycles. The lowest BCUT2D eigenvalue weighted by molar-refractivity contribution is 0.601. The van der Waals surface area contributed by atoms with Crippen molar-refractivity contribution in [2.45, 2.75) is 6.54 Å². The number of hydrogen-bond donors (Lipinski definition) is 1. The van der Waals surface area contributed by atoms with Gasteiger partial charge in [-0.05, 0) is 0 Å². The molecule has 0 unspecified atom stereocenters. The quantitative estimate of drug-likeness (QED) is 0.745. The van der Waals surface area contributed by atoms with E-state index < -0.39 is 9.84 Å². The van der Waals surface area contributed by atoms with E-state index in [0.717, 1.165) is 0 Å². The summed E-state index contributed by atoms with van der Waals surface area (Å²) < 4.78 is 22.1. The van der Waals surface area contributed by atoms with Crippen LogP contribution in [0.1, 0.15) is 5.69 Å². The summed E-state index contributed by atoms with van der Waals surface area (Å²) in [6, 6.07) is 0. The molecule has 0 spiro atoms. The fraction of sp³-hybridized carbons (Fsp3) is 0.556. The first kappa shape index (κ1) is 12.9. The average Bonchev–Trinajstić information content (AvgIpc) is 2.25. The van der Waals surface area contributed by atoms with Crippen molar-refractivity contribution in [2.75, 3.05) is 30.5 Å². The first-order chi connectivity index (χ1) is 7.44. The van der Waals surface area contributed by atoms with Gasteiger partial charge in [0.05, 0.1) is 11.4 Å². The van der Waals surface area contributed by atoms with E-state index in [1.165, 1.54) is 6.26 Å². The number of nitrogens with zero attached hydrogens (tertiary/aromatic N) is 3. The van der Waals surface area contributed by atoms with Crippen LogP contribution in [0.3, 0.4) is 0 Å². The molecule has 1 aromatic rings. The van der Waals surface area contributed by atoms with E-state index in [1.807, 2.05) is 0 Å². The summed E-state index contributed by atoms with van der Waals surface area (Å²) in [7, 11) is -1.20. The molecule has 0 aliphatic rings. The summed E-state index contributed by atoms with van der Waals surface area (Å²) in [5.74, 6) is 0.720. The van der Waals surface area contributed by atoms with Gasteiger partial charge in [0.15, 0.2) is 5.82 Å². The number of nitrogens with two attached hydrogens (primary N) is 1. The van der Waals surface area contributed by atoms with Crippen molar-refractivity contribution in [1.29, 1.82) is 0 Å². The second kappa shape index (κ2) is 5.22. The van der Waals surface area contributed by atoms with Crippen molar-refractivity contribution in [3.05, 3.63) is 18.1 Å². The highest BCUT2D eigenvalue weighted by molar-refractivity contribution is 7.90. The van der Waals surface area contributed by atoms with Crippen molar-refractivity contribution in [1.82, 2.24) is 9.97 Å². The van der Waals surface area contributed by atoms with Crippen molar-refractivity contribution in [3.8, 4) is 0 Å². The molecule has 0 radical (unpaired) electrons. The lowest BCUT2D eigenvalue weighted by Gasteiger charge is -2.19. The second-order valence-electron chi connectivity index (χ2n) is 3.58. The molecule has 0 fully saturated rings. The van der Waals surface area contributed by atoms with Crippen LogP contribution in [0.15, 0.2) is 12.4 Å². The minimum atomic E-state index is -2.97. The molecule has 90 valence electrons. The zero-order valence-corrected chi connectivity index (χ0v) is 10.2. The Morgan fingerprint density at radius 1 is 1.38 bits per heavy atom. The Bertz CT molecular complexity index is 447. The number of aromatic nitrogens is 2. The Labute approximate surface area is 95.4 Å². The predicted molar refractivity (Wildman–Crippen MR) is 62.9 cm³/mol. The number of hydrogen-bond acceptors (Lipinski definition) is 6. The zero-order valence-electron chi connectivity index (χ0n) is 9.42. The minimum Gasteiger partial charge on any atom is -0.357 e. The topological polar surface area (TPSA) is 89.2 Å². The Morgan fingerprint density at radius 3 is 2.56 bits per heavy atom. The van der Waals surface area contributed by atoms with E-state index in [-0.39, 0.29) is 12.3 Å². The highest BCUT2D eigenvalue weighted by atomic mass is 32.2. The summed E-state index contributed by atoms with van der Waals surface area (Å²) in [6.07, 6.45) is 4.34. The van der Waals surface area contributed by atoms with E-state index in [0.29, 0.717) is 18.1 Å². The largest absolute Gasteiger partial charge is 0.357 e. The van der Waals surface area contributed by atoms with Crippen molar-refractivity contribution in [3.63, 3.8) is 0 Å². The molecule has 0 amide bonds. The molecule has 0 aliphatic carbocycles. The first-order valence-electron chi connectivity index (χ1n) is 4.83. The van der Waals surface area contributed by atoms with Crippen LogP contribution in [0.25, 0.3) is 0 Å². The van der Waals surface area contributed by atoms with Crippen LogP contribution in [-0.2, 0) is 16.4 Å². The van der Waals surface area contributed by atoms with E-state index in [2.05, 4.69) is 9.97 Å². The van der Waals surface area contributed by atoms with Crippen molar-refractivity contribution in [2.24, 2.45) is 5.73 Å². The van der Waals surface area contributed by atoms with Crippen LogP contribution in [0.5, 0.6) is 0 Å². The summed E-state index contributed by atoms with van der Waals surface area (Å²) in [4.78, 5) is 9.97. The van der Waals surface area contributed by atoms with Gasteiger partial charge < -0.3 is 10.6 Å². The fourth-order valence-electron chi connectivity index (χ4n) is 1.23. The normalized spacial score (nSPS) is 11.4. The standard InChI is InChI=1S/C9H16N4O2S/c1-13(5-6-16(2,14)15)9-8(7-10)11-3-4-12-9/h3-4H,5-7,10H2,1-2H3. The molecule has 6 nitrogen and oxygen atoms in total. The van der Waals surface area contributed by atoms with Crippen molar-refractivity contribution >= 4 is 15.7 Å². The van der Waals surface area contributed by atoms with Gasteiger partial charge in [0.1, 0.15) is 9.84 Å². The molecule has 0 saturated carbocycles. The molecule has 0 aromatic carbocycles. The Kier molecular flexibility index (Phi) is 4.19. The van der Waals surface area contributed by atoms with Gasteiger partial charge in [-0.15, -0.1) is 0 Å². The Hall–Kier alpha value is -1.21. The molecule has 16 heavy (non-hydrogen) atoms. The van der Waals surface area contributed by atoms with Crippen LogP contribution in [0.2, 0.25) is 0 Å². The molecular formula is C9H16N4O2S. The maximum absolute atomic E-state index is 11.0. The number of sulfone groups is 1. The summed E-state index contributed by atoms with van der Waals surface area (Å²) in [5, 5.41) is 0. The fourth-order valence-corrected chi connectivity index (χ4v) is 1.84. The molecule has 0 atom stereocenters. The van der Waals surface area contributed by atoms with Crippen LogP contribution in [0, 0.1) is 0 Å². The maximum Gasteiger partial charge on any atom is 0.151 e. The zero-order chi connectivity index (χ0) is 12.2. The summed E-state index contributed by atoms with van der Waals surface area (Å²) in [6.45, 7) is 0.664. The molecule has 2 N–H and O–H groups in total. The van der Waals surface area contributed by atoms with Gasteiger partial charge in [0.25, 0.3) is 0 Å². The van der Waals surface area contributed by atoms with Gasteiger partial charge in [-0.25, -0.2) is 13.4 Å². The second-order valence-corrected chi connectivity index (χ2v) is 5.84. The lowest BCUT2D eigenvalue weighted by atomic mass is 10.4. The third-order valence-corrected chi connectivity index (χ3v) is 3.03. The van der Waals surface area contributed by atoms with Gasteiger partial charge in [0, 0.05) is 38.8 Å². The Morgan fingerprint density at radius 2 is 2.00 bits per heavy atom. The highest BCUT2D eigenvalue weighted by Gasteiger charge is 2.11. The Balaban J connectivity index is 2.76. The number of anilines is 1. The molecule has 0 aliphatic heterocycles. The van der Waals surface area contributed by atoms with Crippen LogP contribution < -0.4 is 10.6 Å². The highest BCUT2D eigenvalue weighted by Crippen LogP contribution is 2.11. The number of rotatable bonds is 5. The molecule has 7 heteroatoms. The van der Waals surface area contributed by atoms with E-state index in [1.54, 1.807) is 24.3 Å². The van der Waals surface area contributed by atoms with Crippen LogP contribution in [0.4, 0.5) is 5.82 Å². The van der Waals surface area contributed by atoms with E-state index in [9.17, 15) is 8.42 Å². The SMILES string of the molecule is CN(CCS(C)(=O)=O)c1nccnc1CN. The van der Waals surface area contributed by atoms with Crippen LogP contribution in [-0.4, -0.2) is 44.0 Å². The third-order valence-electron chi connectivity index (χ3n) is 2.10. The van der Waals surface area contributed by atoms with E-state index in [4.69, 9.17) is 5.73 Å². The first-order valence-corrected chi connectivity index (χ1v) is 6.89. The van der Waals surface area contributed by atoms with Crippen molar-refractivity contribution < 1.29 is 8.42 Å². The maximum atomic E-state index is 11.0. The predicted octanol–water partition coefficient (Wildman–Crippen LogP) is -0.584. The van der Waals surface area contributed by atoms with Gasteiger partial charge >= 0.3 is 0 Å². The minimum absolute atomic E-state index is 0.0874. The molecule has 1 aromatic heterocycles.